The fourth-order valence-electron chi connectivity index (χ4n) is 2.96. The lowest BCUT2D eigenvalue weighted by atomic mass is 9.69. The lowest BCUT2D eigenvalue weighted by Gasteiger charge is -2.39. The number of ether oxygens (including phenoxy) is 1. The highest BCUT2D eigenvalue weighted by Crippen LogP contribution is 2.42. The molecule has 1 saturated carbocycles. The first-order chi connectivity index (χ1) is 9.57. The van der Waals surface area contributed by atoms with E-state index in [0.29, 0.717) is 12.5 Å². The minimum atomic E-state index is -0.105. The highest BCUT2D eigenvalue weighted by atomic mass is 79.9. The van der Waals surface area contributed by atoms with Crippen molar-refractivity contribution in [3.8, 4) is 5.75 Å². The van der Waals surface area contributed by atoms with Gasteiger partial charge in [0.25, 0.3) is 0 Å². The van der Waals surface area contributed by atoms with E-state index < -0.39 is 0 Å². The van der Waals surface area contributed by atoms with Gasteiger partial charge in [0.15, 0.2) is 0 Å². The van der Waals surface area contributed by atoms with Crippen LogP contribution in [0.3, 0.4) is 0 Å². The van der Waals surface area contributed by atoms with E-state index in [1.54, 1.807) is 12.4 Å². The van der Waals surface area contributed by atoms with Gasteiger partial charge in [0.05, 0.1) is 12.7 Å². The van der Waals surface area contributed by atoms with Gasteiger partial charge in [0.1, 0.15) is 11.9 Å². The molecule has 0 aromatic carbocycles. The first-order valence-corrected chi connectivity index (χ1v) is 7.93. The molecule has 4 nitrogen and oxygen atoms in total. The normalized spacial score (nSPS) is 24.3. The number of carbonyl (C=O) groups is 1. The lowest BCUT2D eigenvalue weighted by Crippen LogP contribution is -2.45. The molecule has 1 aliphatic heterocycles. The van der Waals surface area contributed by atoms with Crippen LogP contribution in [0.5, 0.6) is 5.75 Å². The van der Waals surface area contributed by atoms with Crippen molar-refractivity contribution < 1.29 is 9.53 Å². The maximum atomic E-state index is 12.5. The zero-order valence-corrected chi connectivity index (χ0v) is 13.2. The number of nitrogens with zero attached hydrogens (tertiary/aromatic N) is 2. The van der Waals surface area contributed by atoms with Crippen LogP contribution in [0.25, 0.3) is 0 Å². The summed E-state index contributed by atoms with van der Waals surface area (Å²) in [6, 6.07) is 1.91. The summed E-state index contributed by atoms with van der Waals surface area (Å²) in [6.07, 6.45) is 7.66. The second-order valence-corrected chi connectivity index (χ2v) is 6.95. The van der Waals surface area contributed by atoms with Crippen LogP contribution >= 0.6 is 15.9 Å². The van der Waals surface area contributed by atoms with Gasteiger partial charge in [0.2, 0.25) is 5.91 Å². The van der Waals surface area contributed by atoms with Crippen molar-refractivity contribution in [1.82, 2.24) is 9.88 Å². The average Bonchev–Trinajstić information content (AvgIpc) is 2.83. The molecule has 108 valence electrons. The van der Waals surface area contributed by atoms with Crippen molar-refractivity contribution >= 4 is 21.8 Å². The Balaban J connectivity index is 1.58. The average molecular weight is 339 g/mol. The molecule has 1 saturated heterocycles. The molecule has 2 heterocycles. The zero-order valence-electron chi connectivity index (χ0n) is 11.6. The van der Waals surface area contributed by atoms with E-state index in [1.165, 1.54) is 6.42 Å². The molecule has 0 unspecified atom stereocenters. The van der Waals surface area contributed by atoms with Crippen LogP contribution in [0.1, 0.15) is 32.6 Å². The zero-order chi connectivity index (χ0) is 14.2. The molecule has 1 amide bonds. The Morgan fingerprint density at radius 3 is 2.95 bits per heavy atom. The molecule has 20 heavy (non-hydrogen) atoms. The molecule has 1 atom stereocenters. The number of halogens is 1. The Bertz CT molecular complexity index is 516. The minimum Gasteiger partial charge on any atom is -0.487 e. The molecule has 5 heteroatoms. The number of aromatic nitrogens is 1. The molecule has 0 bridgehead atoms. The van der Waals surface area contributed by atoms with Crippen LogP contribution in [-0.2, 0) is 4.79 Å². The second kappa shape index (κ2) is 5.35. The molecule has 1 aromatic heterocycles. The largest absolute Gasteiger partial charge is 0.487 e. The van der Waals surface area contributed by atoms with Gasteiger partial charge in [-0.2, -0.15) is 0 Å². The van der Waals surface area contributed by atoms with Crippen LogP contribution < -0.4 is 4.74 Å². The summed E-state index contributed by atoms with van der Waals surface area (Å²) in [6.45, 7) is 3.59. The van der Waals surface area contributed by atoms with E-state index in [4.69, 9.17) is 4.74 Å². The Hall–Kier alpha value is -1.10. The Labute approximate surface area is 127 Å². The van der Waals surface area contributed by atoms with Crippen LogP contribution in [0.15, 0.2) is 22.9 Å². The Morgan fingerprint density at radius 1 is 1.50 bits per heavy atom. The summed E-state index contributed by atoms with van der Waals surface area (Å²) in [5, 5.41) is 0. The van der Waals surface area contributed by atoms with Crippen LogP contribution in [0, 0.1) is 5.41 Å². The maximum absolute atomic E-state index is 12.5. The number of amides is 1. The highest BCUT2D eigenvalue weighted by molar-refractivity contribution is 9.10. The summed E-state index contributed by atoms with van der Waals surface area (Å²) < 4.78 is 6.82. The third-order valence-electron chi connectivity index (χ3n) is 4.39. The van der Waals surface area contributed by atoms with Crippen molar-refractivity contribution in [2.45, 2.75) is 38.7 Å². The number of hydrogen-bond acceptors (Lipinski definition) is 3. The predicted octanol–water partition coefficient (Wildman–Crippen LogP) is 3.01. The third-order valence-corrected chi connectivity index (χ3v) is 4.82. The van der Waals surface area contributed by atoms with Crippen LogP contribution in [0.2, 0.25) is 0 Å². The van der Waals surface area contributed by atoms with Gasteiger partial charge in [-0.05, 0) is 34.8 Å². The van der Waals surface area contributed by atoms with Gasteiger partial charge in [0, 0.05) is 29.1 Å². The quantitative estimate of drug-likeness (QED) is 0.850. The summed E-state index contributed by atoms with van der Waals surface area (Å²) in [5.41, 5.74) is -0.105. The van der Waals surface area contributed by atoms with Crippen molar-refractivity contribution in [2.24, 2.45) is 5.41 Å². The Kier molecular flexibility index (Phi) is 3.71. The van der Waals surface area contributed by atoms with Crippen molar-refractivity contribution in [1.29, 1.82) is 0 Å². The molecule has 0 N–H and O–H groups in total. The van der Waals surface area contributed by atoms with Gasteiger partial charge in [-0.3, -0.25) is 9.78 Å². The molecule has 1 aromatic rings. The molecule has 1 aliphatic carbocycles. The summed E-state index contributed by atoms with van der Waals surface area (Å²) in [4.78, 5) is 18.5. The molecule has 2 aliphatic rings. The van der Waals surface area contributed by atoms with Gasteiger partial charge in [-0.25, -0.2) is 0 Å². The number of rotatable bonds is 3. The fourth-order valence-corrected chi connectivity index (χ4v) is 3.30. The molecule has 0 spiro atoms. The first-order valence-electron chi connectivity index (χ1n) is 7.13. The minimum absolute atomic E-state index is 0.0822. The fraction of sp³-hybridized carbons (Fsp3) is 0.600. The van der Waals surface area contributed by atoms with Gasteiger partial charge < -0.3 is 9.64 Å². The van der Waals surface area contributed by atoms with E-state index >= 15 is 0 Å². The van der Waals surface area contributed by atoms with Crippen molar-refractivity contribution in [2.75, 3.05) is 13.1 Å². The van der Waals surface area contributed by atoms with E-state index in [2.05, 4.69) is 27.8 Å². The predicted molar refractivity (Wildman–Crippen MR) is 79.5 cm³/mol. The van der Waals surface area contributed by atoms with E-state index in [-0.39, 0.29) is 11.5 Å². The van der Waals surface area contributed by atoms with Crippen molar-refractivity contribution in [3.05, 3.63) is 22.9 Å². The smallest absolute Gasteiger partial charge is 0.228 e. The molecular formula is C15H19BrN2O2. The van der Waals surface area contributed by atoms with Crippen molar-refractivity contribution in [3.63, 3.8) is 0 Å². The van der Waals surface area contributed by atoms with Gasteiger partial charge in [-0.1, -0.05) is 13.3 Å². The van der Waals surface area contributed by atoms with Crippen LogP contribution in [0.4, 0.5) is 0 Å². The maximum Gasteiger partial charge on any atom is 0.228 e. The molecule has 0 radical (unpaired) electrons. The standard InChI is InChI=1S/C15H19BrN2O2/c1-15(4-2-5-15)14(19)18-6-3-12(10-18)20-13-7-11(16)8-17-9-13/h7-9,12H,2-6,10H2,1H3/t12-/m0/s1. The number of pyridine rings is 1. The first kappa shape index (κ1) is 13.9. The monoisotopic (exact) mass is 338 g/mol. The van der Waals surface area contributed by atoms with Crippen LogP contribution in [-0.4, -0.2) is 35.0 Å². The Morgan fingerprint density at radius 2 is 2.30 bits per heavy atom. The highest BCUT2D eigenvalue weighted by Gasteiger charge is 2.43. The summed E-state index contributed by atoms with van der Waals surface area (Å²) in [7, 11) is 0. The van der Waals surface area contributed by atoms with E-state index in [0.717, 1.165) is 36.0 Å². The third kappa shape index (κ3) is 2.68. The molecular weight excluding hydrogens is 320 g/mol. The van der Waals surface area contributed by atoms with Gasteiger partial charge >= 0.3 is 0 Å². The number of carbonyl (C=O) groups excluding carboxylic acids is 1. The number of likely N-dealkylation sites (tertiary alicyclic amines) is 1. The lowest BCUT2D eigenvalue weighted by molar-refractivity contribution is -0.145. The van der Waals surface area contributed by atoms with Gasteiger partial charge in [-0.15, -0.1) is 0 Å². The molecule has 2 fully saturated rings. The number of hydrogen-bond donors (Lipinski definition) is 0. The SMILES string of the molecule is CC1(C(=O)N2CC[C@H](Oc3cncc(Br)c3)C2)CCC1. The summed E-state index contributed by atoms with van der Waals surface area (Å²) in [5.74, 6) is 1.07. The van der Waals surface area contributed by atoms with E-state index in [9.17, 15) is 4.79 Å². The topological polar surface area (TPSA) is 42.4 Å². The second-order valence-electron chi connectivity index (χ2n) is 6.03. The van der Waals surface area contributed by atoms with E-state index in [1.807, 2.05) is 11.0 Å². The summed E-state index contributed by atoms with van der Waals surface area (Å²) >= 11 is 3.38. The molecule has 3 rings (SSSR count).